The largest absolute Gasteiger partial charge is 0.355 e. The first-order chi connectivity index (χ1) is 11.0. The third-order valence-corrected chi connectivity index (χ3v) is 3.88. The SMILES string of the molecule is Cc1cc(C)n(-c2ccc(NC(=O)[C@H]3CCC(=O)NC3)cn2)n1. The molecule has 2 amide bonds. The molecule has 0 aromatic carbocycles. The second-order valence-corrected chi connectivity index (χ2v) is 5.77. The molecule has 0 spiro atoms. The van der Waals surface area contributed by atoms with Crippen molar-refractivity contribution >= 4 is 17.5 Å². The zero-order valence-electron chi connectivity index (χ0n) is 13.2. The van der Waals surface area contributed by atoms with Crippen molar-refractivity contribution in [2.45, 2.75) is 26.7 Å². The van der Waals surface area contributed by atoms with Gasteiger partial charge in [-0.1, -0.05) is 0 Å². The van der Waals surface area contributed by atoms with Crippen LogP contribution in [-0.4, -0.2) is 33.1 Å². The summed E-state index contributed by atoms with van der Waals surface area (Å²) >= 11 is 0. The first kappa shape index (κ1) is 15.2. The Hall–Kier alpha value is -2.70. The molecule has 1 atom stereocenters. The number of pyridine rings is 1. The standard InChI is InChI=1S/C16H19N5O2/c1-10-7-11(2)21(20-10)14-5-4-13(9-17-14)19-16(23)12-3-6-15(22)18-8-12/h4-5,7,9,12H,3,6,8H2,1-2H3,(H,18,22)(H,19,23)/t12-/m0/s1. The van der Waals surface area contributed by atoms with Gasteiger partial charge in [0.1, 0.15) is 0 Å². The monoisotopic (exact) mass is 313 g/mol. The van der Waals surface area contributed by atoms with Crippen LogP contribution in [0.15, 0.2) is 24.4 Å². The lowest BCUT2D eigenvalue weighted by Crippen LogP contribution is -2.40. The van der Waals surface area contributed by atoms with E-state index in [0.29, 0.717) is 30.9 Å². The Bertz CT molecular complexity index is 725. The lowest BCUT2D eigenvalue weighted by atomic mass is 9.98. The number of rotatable bonds is 3. The van der Waals surface area contributed by atoms with Crippen molar-refractivity contribution in [3.8, 4) is 5.82 Å². The van der Waals surface area contributed by atoms with E-state index in [-0.39, 0.29) is 17.7 Å². The first-order valence-corrected chi connectivity index (χ1v) is 7.60. The van der Waals surface area contributed by atoms with E-state index < -0.39 is 0 Å². The highest BCUT2D eigenvalue weighted by molar-refractivity contribution is 5.93. The number of carbonyl (C=O) groups is 2. The fourth-order valence-corrected chi connectivity index (χ4v) is 2.65. The van der Waals surface area contributed by atoms with Crippen LogP contribution in [0.4, 0.5) is 5.69 Å². The number of hydrogen-bond acceptors (Lipinski definition) is 4. The molecule has 0 saturated carbocycles. The van der Waals surface area contributed by atoms with Gasteiger partial charge in [0.15, 0.2) is 5.82 Å². The van der Waals surface area contributed by atoms with Crippen LogP contribution < -0.4 is 10.6 Å². The Morgan fingerprint density at radius 2 is 2.22 bits per heavy atom. The molecule has 2 aromatic rings. The highest BCUT2D eigenvalue weighted by atomic mass is 16.2. The summed E-state index contributed by atoms with van der Waals surface area (Å²) in [5, 5.41) is 9.93. The molecule has 2 N–H and O–H groups in total. The second kappa shape index (κ2) is 6.20. The van der Waals surface area contributed by atoms with E-state index in [4.69, 9.17) is 0 Å². The number of piperidine rings is 1. The van der Waals surface area contributed by atoms with Gasteiger partial charge in [0, 0.05) is 18.7 Å². The molecule has 7 nitrogen and oxygen atoms in total. The van der Waals surface area contributed by atoms with E-state index in [1.807, 2.05) is 26.0 Å². The smallest absolute Gasteiger partial charge is 0.229 e. The van der Waals surface area contributed by atoms with Crippen LogP contribution in [0.2, 0.25) is 0 Å². The normalized spacial score (nSPS) is 17.7. The average molecular weight is 313 g/mol. The molecule has 0 bridgehead atoms. The summed E-state index contributed by atoms with van der Waals surface area (Å²) in [6.45, 7) is 4.29. The average Bonchev–Trinajstić information content (AvgIpc) is 2.87. The molecule has 1 fully saturated rings. The minimum atomic E-state index is -0.191. The van der Waals surface area contributed by atoms with E-state index in [1.165, 1.54) is 0 Å². The molecule has 3 heterocycles. The molecule has 0 radical (unpaired) electrons. The molecular weight excluding hydrogens is 294 g/mol. The van der Waals surface area contributed by atoms with E-state index >= 15 is 0 Å². The van der Waals surface area contributed by atoms with Crippen molar-refractivity contribution in [1.29, 1.82) is 0 Å². The predicted molar refractivity (Wildman–Crippen MR) is 85.2 cm³/mol. The van der Waals surface area contributed by atoms with Gasteiger partial charge in [0.2, 0.25) is 11.8 Å². The fraction of sp³-hybridized carbons (Fsp3) is 0.375. The highest BCUT2D eigenvalue weighted by Gasteiger charge is 2.24. The van der Waals surface area contributed by atoms with Crippen molar-refractivity contribution in [3.05, 3.63) is 35.8 Å². The molecule has 1 aliphatic heterocycles. The van der Waals surface area contributed by atoms with Gasteiger partial charge in [-0.2, -0.15) is 5.10 Å². The zero-order valence-corrected chi connectivity index (χ0v) is 13.2. The number of anilines is 1. The van der Waals surface area contributed by atoms with Crippen LogP contribution in [0.5, 0.6) is 0 Å². The number of nitrogens with zero attached hydrogens (tertiary/aromatic N) is 3. The molecule has 1 aliphatic rings. The summed E-state index contributed by atoms with van der Waals surface area (Å²) in [7, 11) is 0. The summed E-state index contributed by atoms with van der Waals surface area (Å²) in [5.41, 5.74) is 2.57. The third kappa shape index (κ3) is 3.39. The molecule has 1 saturated heterocycles. The lowest BCUT2D eigenvalue weighted by Gasteiger charge is -2.21. The Kier molecular flexibility index (Phi) is 4.10. The summed E-state index contributed by atoms with van der Waals surface area (Å²) in [6, 6.07) is 5.60. The number of nitrogens with one attached hydrogen (secondary N) is 2. The van der Waals surface area contributed by atoms with E-state index in [0.717, 1.165) is 11.4 Å². The maximum Gasteiger partial charge on any atom is 0.229 e. The summed E-state index contributed by atoms with van der Waals surface area (Å²) < 4.78 is 1.76. The fourth-order valence-electron chi connectivity index (χ4n) is 2.65. The molecule has 0 unspecified atom stereocenters. The van der Waals surface area contributed by atoms with Gasteiger partial charge in [0.25, 0.3) is 0 Å². The summed E-state index contributed by atoms with van der Waals surface area (Å²) in [5.74, 6) is 0.428. The molecular formula is C16H19N5O2. The third-order valence-electron chi connectivity index (χ3n) is 3.88. The number of hydrogen-bond donors (Lipinski definition) is 2. The second-order valence-electron chi connectivity index (χ2n) is 5.77. The van der Waals surface area contributed by atoms with Crippen molar-refractivity contribution in [2.24, 2.45) is 5.92 Å². The maximum atomic E-state index is 12.2. The molecule has 0 aliphatic carbocycles. The maximum absolute atomic E-state index is 12.2. The predicted octanol–water partition coefficient (Wildman–Crippen LogP) is 1.35. The van der Waals surface area contributed by atoms with E-state index in [9.17, 15) is 9.59 Å². The van der Waals surface area contributed by atoms with Crippen molar-refractivity contribution < 1.29 is 9.59 Å². The minimum absolute atomic E-state index is 0.00459. The number of aryl methyl sites for hydroxylation is 2. The minimum Gasteiger partial charge on any atom is -0.355 e. The molecule has 2 aromatic heterocycles. The molecule has 3 rings (SSSR count). The topological polar surface area (TPSA) is 88.9 Å². The van der Waals surface area contributed by atoms with Gasteiger partial charge in [0.05, 0.1) is 23.5 Å². The lowest BCUT2D eigenvalue weighted by molar-refractivity contribution is -0.126. The van der Waals surface area contributed by atoms with Crippen molar-refractivity contribution in [1.82, 2.24) is 20.1 Å². The van der Waals surface area contributed by atoms with Crippen LogP contribution >= 0.6 is 0 Å². The number of amides is 2. The number of carbonyl (C=O) groups excluding carboxylic acids is 2. The van der Waals surface area contributed by atoms with Gasteiger partial charge >= 0.3 is 0 Å². The van der Waals surface area contributed by atoms with Crippen LogP contribution in [0, 0.1) is 19.8 Å². The van der Waals surface area contributed by atoms with Gasteiger partial charge in [-0.05, 0) is 38.5 Å². The Balaban J connectivity index is 1.67. The van der Waals surface area contributed by atoms with Crippen molar-refractivity contribution in [2.75, 3.05) is 11.9 Å². The van der Waals surface area contributed by atoms with E-state index in [1.54, 1.807) is 16.9 Å². The quantitative estimate of drug-likeness (QED) is 0.895. The van der Waals surface area contributed by atoms with Gasteiger partial charge in [-0.25, -0.2) is 9.67 Å². The highest BCUT2D eigenvalue weighted by Crippen LogP contribution is 2.16. The summed E-state index contributed by atoms with van der Waals surface area (Å²) in [6.07, 6.45) is 2.59. The summed E-state index contributed by atoms with van der Waals surface area (Å²) in [4.78, 5) is 27.7. The first-order valence-electron chi connectivity index (χ1n) is 7.60. The van der Waals surface area contributed by atoms with Gasteiger partial charge in [-0.3, -0.25) is 9.59 Å². The zero-order chi connectivity index (χ0) is 16.4. The Labute approximate surface area is 134 Å². The van der Waals surface area contributed by atoms with Gasteiger partial charge in [-0.15, -0.1) is 0 Å². The molecule has 7 heteroatoms. The van der Waals surface area contributed by atoms with Crippen LogP contribution in [-0.2, 0) is 9.59 Å². The van der Waals surface area contributed by atoms with Crippen LogP contribution in [0.3, 0.4) is 0 Å². The molecule has 23 heavy (non-hydrogen) atoms. The Morgan fingerprint density at radius 3 is 2.78 bits per heavy atom. The van der Waals surface area contributed by atoms with Gasteiger partial charge < -0.3 is 10.6 Å². The molecule has 120 valence electrons. The van der Waals surface area contributed by atoms with Crippen LogP contribution in [0.1, 0.15) is 24.2 Å². The van der Waals surface area contributed by atoms with Crippen molar-refractivity contribution in [3.63, 3.8) is 0 Å². The van der Waals surface area contributed by atoms with E-state index in [2.05, 4.69) is 20.7 Å². The Morgan fingerprint density at radius 1 is 1.39 bits per heavy atom. The number of aromatic nitrogens is 3. The van der Waals surface area contributed by atoms with Crippen LogP contribution in [0.25, 0.3) is 5.82 Å².